The number of esters is 1. The van der Waals surface area contributed by atoms with Gasteiger partial charge in [0.15, 0.2) is 0 Å². The fourth-order valence-corrected chi connectivity index (χ4v) is 3.51. The topological polar surface area (TPSA) is 53.4 Å². The number of carbonyl (C=O) groups is 1. The second kappa shape index (κ2) is 8.78. The number of carbonyl (C=O) groups excluding carboxylic acids is 1. The van der Waals surface area contributed by atoms with E-state index in [2.05, 4.69) is 35.8 Å². The van der Waals surface area contributed by atoms with Gasteiger partial charge in [0, 0.05) is 21.5 Å². The first-order valence-corrected chi connectivity index (χ1v) is 10.2. The lowest BCUT2D eigenvalue weighted by molar-refractivity contribution is -0.142. The highest BCUT2D eigenvalue weighted by Crippen LogP contribution is 2.28. The molecule has 0 fully saturated rings. The summed E-state index contributed by atoms with van der Waals surface area (Å²) in [6.45, 7) is 8.75. The number of nitrogens with zero attached hydrogens (tertiary/aromatic N) is 2. The Bertz CT molecular complexity index is 995. The Morgan fingerprint density at radius 3 is 2.71 bits per heavy atom. The number of fused-ring (bicyclic) bond motifs is 1. The van der Waals surface area contributed by atoms with E-state index < -0.39 is 0 Å². The van der Waals surface area contributed by atoms with E-state index in [-0.39, 0.29) is 18.4 Å². The van der Waals surface area contributed by atoms with E-state index in [1.807, 2.05) is 41.9 Å². The van der Waals surface area contributed by atoms with Crippen molar-refractivity contribution in [2.24, 2.45) is 0 Å². The second-order valence-electron chi connectivity index (χ2n) is 7.03. The van der Waals surface area contributed by atoms with E-state index in [1.54, 1.807) is 6.92 Å². The average Bonchev–Trinajstić information content (AvgIpc) is 3.00. The Labute approximate surface area is 173 Å². The summed E-state index contributed by atoms with van der Waals surface area (Å²) in [6, 6.07) is 12.1. The van der Waals surface area contributed by atoms with Gasteiger partial charge in [0.2, 0.25) is 0 Å². The number of aromatic nitrogens is 2. The third-order valence-corrected chi connectivity index (χ3v) is 4.97. The second-order valence-corrected chi connectivity index (χ2v) is 7.94. The minimum absolute atomic E-state index is 0.194. The molecule has 0 N–H and O–H groups in total. The number of hydrogen-bond donors (Lipinski definition) is 0. The summed E-state index contributed by atoms with van der Waals surface area (Å²) in [6.07, 6.45) is 0.194. The third-order valence-electron chi connectivity index (χ3n) is 4.48. The Morgan fingerprint density at radius 1 is 1.21 bits per heavy atom. The Kier molecular flexibility index (Phi) is 6.39. The van der Waals surface area contributed by atoms with Crippen molar-refractivity contribution < 1.29 is 14.3 Å². The van der Waals surface area contributed by atoms with Crippen LogP contribution in [0.2, 0.25) is 0 Å². The lowest BCUT2D eigenvalue weighted by Crippen LogP contribution is -2.12. The Hall–Kier alpha value is -2.34. The zero-order chi connectivity index (χ0) is 20.3. The average molecular weight is 445 g/mol. The normalized spacial score (nSPS) is 11.2. The van der Waals surface area contributed by atoms with E-state index in [4.69, 9.17) is 14.6 Å². The highest BCUT2D eigenvalue weighted by atomic mass is 79.9. The van der Waals surface area contributed by atoms with Crippen LogP contribution in [0.15, 0.2) is 40.9 Å². The lowest BCUT2D eigenvalue weighted by atomic mass is 10.1. The van der Waals surface area contributed by atoms with Gasteiger partial charge in [0.05, 0.1) is 24.2 Å². The monoisotopic (exact) mass is 444 g/mol. The third kappa shape index (κ3) is 4.55. The van der Waals surface area contributed by atoms with Crippen LogP contribution in [0.5, 0.6) is 5.75 Å². The highest BCUT2D eigenvalue weighted by Gasteiger charge is 2.16. The SMILES string of the molecule is CCOC(=O)Cc1ccc(C)cc1OCc1c2cc(Br)ccc2nn1C(C)C. The molecule has 28 heavy (non-hydrogen) atoms. The first kappa shape index (κ1) is 20.4. The molecule has 0 saturated heterocycles. The molecule has 0 radical (unpaired) electrons. The molecule has 1 aromatic heterocycles. The summed E-state index contributed by atoms with van der Waals surface area (Å²) in [5, 5.41) is 5.78. The van der Waals surface area contributed by atoms with E-state index in [9.17, 15) is 4.79 Å². The summed E-state index contributed by atoms with van der Waals surface area (Å²) in [4.78, 5) is 11.9. The van der Waals surface area contributed by atoms with Gasteiger partial charge in [0.25, 0.3) is 0 Å². The van der Waals surface area contributed by atoms with Crippen LogP contribution >= 0.6 is 15.9 Å². The maximum Gasteiger partial charge on any atom is 0.310 e. The summed E-state index contributed by atoms with van der Waals surface area (Å²) >= 11 is 3.54. The largest absolute Gasteiger partial charge is 0.487 e. The molecule has 0 bridgehead atoms. The molecule has 148 valence electrons. The van der Waals surface area contributed by atoms with Crippen LogP contribution in [0.4, 0.5) is 0 Å². The number of hydrogen-bond acceptors (Lipinski definition) is 4. The Morgan fingerprint density at radius 2 is 2.00 bits per heavy atom. The van der Waals surface area contributed by atoms with E-state index in [0.717, 1.165) is 32.2 Å². The van der Waals surface area contributed by atoms with E-state index in [0.29, 0.717) is 19.0 Å². The van der Waals surface area contributed by atoms with Gasteiger partial charge in [-0.05, 0) is 57.5 Å². The maximum atomic E-state index is 11.9. The van der Waals surface area contributed by atoms with Gasteiger partial charge in [-0.15, -0.1) is 0 Å². The van der Waals surface area contributed by atoms with Gasteiger partial charge < -0.3 is 9.47 Å². The van der Waals surface area contributed by atoms with Crippen LogP contribution in [0, 0.1) is 6.92 Å². The summed E-state index contributed by atoms with van der Waals surface area (Å²) in [7, 11) is 0. The maximum absolute atomic E-state index is 11.9. The molecule has 3 rings (SSSR count). The summed E-state index contributed by atoms with van der Waals surface area (Å²) in [5.41, 5.74) is 3.85. The number of aryl methyl sites for hydroxylation is 1. The van der Waals surface area contributed by atoms with Crippen molar-refractivity contribution in [3.8, 4) is 5.75 Å². The standard InChI is InChI=1S/C22H25BrN2O3/c1-5-27-22(26)11-16-7-6-15(4)10-21(16)28-13-20-18-12-17(23)8-9-19(18)24-25(20)14(2)3/h6-10,12,14H,5,11,13H2,1-4H3. The zero-order valence-corrected chi connectivity index (χ0v) is 18.2. The van der Waals surface area contributed by atoms with E-state index in [1.165, 1.54) is 0 Å². The first-order chi connectivity index (χ1) is 13.4. The van der Waals surface area contributed by atoms with Crippen molar-refractivity contribution in [1.29, 1.82) is 0 Å². The van der Waals surface area contributed by atoms with Crippen molar-refractivity contribution in [1.82, 2.24) is 9.78 Å². The van der Waals surface area contributed by atoms with Crippen LogP contribution in [-0.2, 0) is 22.6 Å². The van der Waals surface area contributed by atoms with Crippen molar-refractivity contribution >= 4 is 32.8 Å². The number of halogens is 1. The molecule has 6 heteroatoms. The molecule has 5 nitrogen and oxygen atoms in total. The minimum Gasteiger partial charge on any atom is -0.487 e. The van der Waals surface area contributed by atoms with Gasteiger partial charge in [-0.3, -0.25) is 9.48 Å². The first-order valence-electron chi connectivity index (χ1n) is 9.43. The molecule has 0 aliphatic heterocycles. The quantitative estimate of drug-likeness (QED) is 0.459. The van der Waals surface area contributed by atoms with Crippen LogP contribution in [-0.4, -0.2) is 22.4 Å². The van der Waals surface area contributed by atoms with Gasteiger partial charge in [0.1, 0.15) is 12.4 Å². The molecule has 0 spiro atoms. The number of ether oxygens (including phenoxy) is 2. The molecule has 0 amide bonds. The van der Waals surface area contributed by atoms with Gasteiger partial charge in [-0.1, -0.05) is 28.1 Å². The summed E-state index contributed by atoms with van der Waals surface area (Å²) in [5.74, 6) is 0.450. The van der Waals surface area contributed by atoms with Crippen LogP contribution < -0.4 is 4.74 Å². The molecule has 2 aromatic carbocycles. The van der Waals surface area contributed by atoms with Gasteiger partial charge in [-0.25, -0.2) is 0 Å². The molecular weight excluding hydrogens is 420 g/mol. The number of benzene rings is 2. The molecule has 3 aromatic rings. The molecule has 0 unspecified atom stereocenters. The predicted octanol–water partition coefficient (Wildman–Crippen LogP) is 5.37. The van der Waals surface area contributed by atoms with Gasteiger partial charge >= 0.3 is 5.97 Å². The molecule has 0 saturated carbocycles. The number of rotatable bonds is 7. The van der Waals surface area contributed by atoms with Crippen molar-refractivity contribution in [3.05, 3.63) is 57.7 Å². The van der Waals surface area contributed by atoms with E-state index >= 15 is 0 Å². The lowest BCUT2D eigenvalue weighted by Gasteiger charge is -2.15. The zero-order valence-electron chi connectivity index (χ0n) is 16.7. The molecule has 1 heterocycles. The van der Waals surface area contributed by atoms with Crippen LogP contribution in [0.25, 0.3) is 10.9 Å². The highest BCUT2D eigenvalue weighted by molar-refractivity contribution is 9.10. The molecule has 0 aliphatic carbocycles. The van der Waals surface area contributed by atoms with Crippen LogP contribution in [0.1, 0.15) is 43.6 Å². The summed E-state index contributed by atoms with van der Waals surface area (Å²) < 4.78 is 14.3. The Balaban J connectivity index is 1.92. The fourth-order valence-electron chi connectivity index (χ4n) is 3.15. The van der Waals surface area contributed by atoms with Crippen molar-refractivity contribution in [3.63, 3.8) is 0 Å². The van der Waals surface area contributed by atoms with Crippen molar-refractivity contribution in [2.45, 2.75) is 46.8 Å². The minimum atomic E-state index is -0.252. The molecule has 0 atom stereocenters. The van der Waals surface area contributed by atoms with Gasteiger partial charge in [-0.2, -0.15) is 5.10 Å². The molecule has 0 aliphatic rings. The molecular formula is C22H25BrN2O3. The fraction of sp³-hybridized carbons (Fsp3) is 0.364. The predicted molar refractivity (Wildman–Crippen MR) is 114 cm³/mol. The smallest absolute Gasteiger partial charge is 0.310 e. The van der Waals surface area contributed by atoms with Crippen molar-refractivity contribution in [2.75, 3.05) is 6.61 Å². The van der Waals surface area contributed by atoms with Crippen LogP contribution in [0.3, 0.4) is 0 Å².